The van der Waals surface area contributed by atoms with Gasteiger partial charge in [0.25, 0.3) is 5.91 Å². The van der Waals surface area contributed by atoms with E-state index in [1.54, 1.807) is 22.3 Å². The third kappa shape index (κ3) is 5.65. The number of rotatable bonds is 7. The van der Waals surface area contributed by atoms with Crippen LogP contribution in [0.1, 0.15) is 39.7 Å². The van der Waals surface area contributed by atoms with Crippen LogP contribution in [0.25, 0.3) is 6.08 Å². The molecular formula is C23H23N3O3S2. The first kappa shape index (κ1) is 21.4. The van der Waals surface area contributed by atoms with E-state index < -0.39 is 5.97 Å². The maximum absolute atomic E-state index is 13.0. The Kier molecular flexibility index (Phi) is 6.89. The number of amides is 1. The number of ether oxygens (including phenoxy) is 1. The Hall–Kier alpha value is -2.84. The van der Waals surface area contributed by atoms with Crippen LogP contribution >= 0.6 is 22.7 Å². The van der Waals surface area contributed by atoms with E-state index in [0.717, 1.165) is 41.9 Å². The van der Waals surface area contributed by atoms with Crippen molar-refractivity contribution >= 4 is 45.8 Å². The van der Waals surface area contributed by atoms with Gasteiger partial charge in [0.2, 0.25) is 0 Å². The normalized spacial score (nSPS) is 13.2. The van der Waals surface area contributed by atoms with Crippen molar-refractivity contribution in [3.8, 4) is 0 Å². The minimum Gasteiger partial charge on any atom is -0.452 e. The molecule has 1 aliphatic rings. The summed E-state index contributed by atoms with van der Waals surface area (Å²) in [6.07, 6.45) is 7.14. The maximum Gasteiger partial charge on any atom is 0.331 e. The average molecular weight is 454 g/mol. The van der Waals surface area contributed by atoms with Gasteiger partial charge in [-0.05, 0) is 44.2 Å². The Balaban J connectivity index is 1.45. The lowest BCUT2D eigenvalue weighted by molar-refractivity contribution is -0.142. The number of hydrogen-bond acceptors (Lipinski definition) is 7. The molecule has 160 valence electrons. The highest BCUT2D eigenvalue weighted by Gasteiger charge is 2.24. The number of carbonyl (C=O) groups excluding carboxylic acids is 2. The average Bonchev–Trinajstić information content (AvgIpc) is 3.40. The molecule has 2 aromatic heterocycles. The largest absolute Gasteiger partial charge is 0.452 e. The Morgan fingerprint density at radius 3 is 2.71 bits per heavy atom. The quantitative estimate of drug-likeness (QED) is 0.387. The molecule has 0 N–H and O–H groups in total. The van der Waals surface area contributed by atoms with Crippen LogP contribution in [-0.4, -0.2) is 28.5 Å². The van der Waals surface area contributed by atoms with Crippen LogP contribution < -0.4 is 4.90 Å². The minimum atomic E-state index is -0.572. The molecule has 0 saturated carbocycles. The fourth-order valence-electron chi connectivity index (χ4n) is 3.35. The van der Waals surface area contributed by atoms with Crippen molar-refractivity contribution in [3.05, 3.63) is 68.6 Å². The van der Waals surface area contributed by atoms with Gasteiger partial charge in [0.05, 0.1) is 22.9 Å². The highest BCUT2D eigenvalue weighted by molar-refractivity contribution is 7.16. The summed E-state index contributed by atoms with van der Waals surface area (Å²) in [6, 6.07) is 9.76. The Morgan fingerprint density at radius 1 is 1.16 bits per heavy atom. The van der Waals surface area contributed by atoms with E-state index in [9.17, 15) is 9.59 Å². The second kappa shape index (κ2) is 9.98. The SMILES string of the molecule is Cc1nc(/C=C/C(=O)OCC(=O)N(Cc2ccccc2)c2nc3c(s2)CCCC3)cs1. The van der Waals surface area contributed by atoms with Crippen molar-refractivity contribution in [2.75, 3.05) is 11.5 Å². The Labute approximate surface area is 189 Å². The van der Waals surface area contributed by atoms with Crippen molar-refractivity contribution in [2.45, 2.75) is 39.2 Å². The van der Waals surface area contributed by atoms with E-state index in [1.807, 2.05) is 42.6 Å². The van der Waals surface area contributed by atoms with E-state index in [4.69, 9.17) is 9.72 Å². The molecule has 0 saturated heterocycles. The number of aryl methyl sites for hydroxylation is 3. The molecule has 0 radical (unpaired) electrons. The predicted octanol–water partition coefficient (Wildman–Crippen LogP) is 4.58. The molecular weight excluding hydrogens is 430 g/mol. The zero-order chi connectivity index (χ0) is 21.6. The summed E-state index contributed by atoms with van der Waals surface area (Å²) in [5.74, 6) is -0.863. The van der Waals surface area contributed by atoms with Crippen LogP contribution in [-0.2, 0) is 33.7 Å². The molecule has 4 rings (SSSR count). The molecule has 6 nitrogen and oxygen atoms in total. The molecule has 0 aliphatic heterocycles. The van der Waals surface area contributed by atoms with Crippen LogP contribution in [0.15, 0.2) is 41.8 Å². The summed E-state index contributed by atoms with van der Waals surface area (Å²) in [4.78, 5) is 37.0. The number of aromatic nitrogens is 2. The predicted molar refractivity (Wildman–Crippen MR) is 123 cm³/mol. The lowest BCUT2D eigenvalue weighted by atomic mass is 10.0. The molecule has 1 aliphatic carbocycles. The van der Waals surface area contributed by atoms with E-state index in [2.05, 4.69) is 4.98 Å². The van der Waals surface area contributed by atoms with Gasteiger partial charge >= 0.3 is 5.97 Å². The molecule has 0 spiro atoms. The molecule has 31 heavy (non-hydrogen) atoms. The van der Waals surface area contributed by atoms with Crippen molar-refractivity contribution in [3.63, 3.8) is 0 Å². The van der Waals surface area contributed by atoms with Crippen molar-refractivity contribution in [2.24, 2.45) is 0 Å². The monoisotopic (exact) mass is 453 g/mol. The fourth-order valence-corrected chi connectivity index (χ4v) is 5.10. The van der Waals surface area contributed by atoms with Crippen LogP contribution in [0.5, 0.6) is 0 Å². The van der Waals surface area contributed by atoms with Gasteiger partial charge in [-0.1, -0.05) is 30.3 Å². The topological polar surface area (TPSA) is 72.4 Å². The zero-order valence-corrected chi connectivity index (χ0v) is 18.9. The number of nitrogens with zero attached hydrogens (tertiary/aromatic N) is 3. The van der Waals surface area contributed by atoms with E-state index in [-0.39, 0.29) is 12.5 Å². The van der Waals surface area contributed by atoms with Gasteiger partial charge in [0.1, 0.15) is 0 Å². The molecule has 0 unspecified atom stereocenters. The number of thiazole rings is 2. The molecule has 0 bridgehead atoms. The second-order valence-electron chi connectivity index (χ2n) is 7.27. The summed E-state index contributed by atoms with van der Waals surface area (Å²) < 4.78 is 5.21. The van der Waals surface area contributed by atoms with E-state index in [1.165, 1.54) is 22.3 Å². The first-order valence-corrected chi connectivity index (χ1v) is 11.9. The van der Waals surface area contributed by atoms with Crippen LogP contribution in [0.3, 0.4) is 0 Å². The van der Waals surface area contributed by atoms with E-state index in [0.29, 0.717) is 17.4 Å². The number of esters is 1. The van der Waals surface area contributed by atoms with Crippen molar-refractivity contribution in [1.82, 2.24) is 9.97 Å². The third-order valence-corrected chi connectivity index (χ3v) is 6.89. The Bertz CT molecular complexity index is 1070. The molecule has 3 aromatic rings. The lowest BCUT2D eigenvalue weighted by Gasteiger charge is -2.20. The van der Waals surface area contributed by atoms with Crippen molar-refractivity contribution < 1.29 is 14.3 Å². The lowest BCUT2D eigenvalue weighted by Crippen LogP contribution is -2.34. The number of fused-ring (bicyclic) bond motifs is 1. The highest BCUT2D eigenvalue weighted by Crippen LogP contribution is 2.32. The van der Waals surface area contributed by atoms with Gasteiger partial charge in [-0.2, -0.15) is 0 Å². The van der Waals surface area contributed by atoms with Crippen LogP contribution in [0.2, 0.25) is 0 Å². The van der Waals surface area contributed by atoms with E-state index >= 15 is 0 Å². The highest BCUT2D eigenvalue weighted by atomic mass is 32.1. The van der Waals surface area contributed by atoms with Gasteiger partial charge in [-0.15, -0.1) is 22.7 Å². The molecule has 0 atom stereocenters. The summed E-state index contributed by atoms with van der Waals surface area (Å²) >= 11 is 3.07. The molecule has 1 aromatic carbocycles. The molecule has 2 heterocycles. The van der Waals surface area contributed by atoms with Gasteiger partial charge in [-0.3, -0.25) is 9.69 Å². The molecule has 1 amide bonds. The second-order valence-corrected chi connectivity index (χ2v) is 9.40. The molecule has 0 fully saturated rings. The van der Waals surface area contributed by atoms with Crippen molar-refractivity contribution in [1.29, 1.82) is 0 Å². The summed E-state index contributed by atoms with van der Waals surface area (Å²) in [5, 5.41) is 3.45. The Morgan fingerprint density at radius 2 is 1.97 bits per heavy atom. The van der Waals surface area contributed by atoms with Crippen LogP contribution in [0.4, 0.5) is 5.13 Å². The fraction of sp³-hybridized carbons (Fsp3) is 0.304. The summed E-state index contributed by atoms with van der Waals surface area (Å²) in [5.41, 5.74) is 2.79. The van der Waals surface area contributed by atoms with Gasteiger partial charge < -0.3 is 4.74 Å². The standard InChI is InChI=1S/C23H23N3O3S2/c1-16-24-18(15-30-16)11-12-22(28)29-14-21(27)26(13-17-7-3-2-4-8-17)23-25-19-9-5-6-10-20(19)31-23/h2-4,7-8,11-12,15H,5-6,9-10,13-14H2,1H3/b12-11+. The number of anilines is 1. The number of hydrogen-bond donors (Lipinski definition) is 0. The maximum atomic E-state index is 13.0. The third-order valence-electron chi connectivity index (χ3n) is 4.91. The number of carbonyl (C=O) groups is 2. The summed E-state index contributed by atoms with van der Waals surface area (Å²) in [6.45, 7) is 1.95. The zero-order valence-electron chi connectivity index (χ0n) is 17.2. The first-order valence-electron chi connectivity index (χ1n) is 10.2. The first-order chi connectivity index (χ1) is 15.1. The minimum absolute atomic E-state index is 0.291. The molecule has 8 heteroatoms. The van der Waals surface area contributed by atoms with Gasteiger partial charge in [-0.25, -0.2) is 14.8 Å². The van der Waals surface area contributed by atoms with Crippen LogP contribution in [0, 0.1) is 6.92 Å². The van der Waals surface area contributed by atoms with Gasteiger partial charge in [0, 0.05) is 16.3 Å². The number of benzene rings is 1. The summed E-state index contributed by atoms with van der Waals surface area (Å²) in [7, 11) is 0. The smallest absolute Gasteiger partial charge is 0.331 e. The van der Waals surface area contributed by atoms with Gasteiger partial charge in [0.15, 0.2) is 11.7 Å².